The van der Waals surface area contributed by atoms with Crippen molar-refractivity contribution in [3.05, 3.63) is 22.8 Å². The van der Waals surface area contributed by atoms with Crippen molar-refractivity contribution < 1.29 is 18.0 Å². The van der Waals surface area contributed by atoms with Crippen LogP contribution >= 0.6 is 48.8 Å². The third kappa shape index (κ3) is 7.48. The number of carbonyl (C=O) groups excluding carboxylic acids is 1. The molecule has 2 aliphatic heterocycles. The van der Waals surface area contributed by atoms with E-state index >= 15 is 0 Å². The van der Waals surface area contributed by atoms with Crippen molar-refractivity contribution in [2.45, 2.75) is 6.18 Å². The van der Waals surface area contributed by atoms with Gasteiger partial charge < -0.3 is 15.1 Å². The third-order valence-corrected chi connectivity index (χ3v) is 4.93. The average Bonchev–Trinajstić information content (AvgIpc) is 2.62. The van der Waals surface area contributed by atoms with Gasteiger partial charge >= 0.3 is 6.18 Å². The van der Waals surface area contributed by atoms with E-state index in [1.54, 1.807) is 4.90 Å². The predicted octanol–water partition coefficient (Wildman–Crippen LogP) is 2.57. The van der Waals surface area contributed by atoms with Gasteiger partial charge in [0.15, 0.2) is 0 Å². The van der Waals surface area contributed by atoms with Gasteiger partial charge in [-0.25, -0.2) is 4.98 Å². The van der Waals surface area contributed by atoms with Crippen LogP contribution < -0.4 is 10.2 Å². The molecule has 168 valence electrons. The van der Waals surface area contributed by atoms with Crippen molar-refractivity contribution in [3.8, 4) is 0 Å². The Balaban J connectivity index is 0.00000261. The number of anilines is 1. The second-order valence-electron chi connectivity index (χ2n) is 6.42. The predicted molar refractivity (Wildman–Crippen MR) is 114 cm³/mol. The summed E-state index contributed by atoms with van der Waals surface area (Å²) in [5, 5.41) is 3.22. The molecule has 29 heavy (non-hydrogen) atoms. The van der Waals surface area contributed by atoms with Crippen LogP contribution in [0, 0.1) is 0 Å². The zero-order chi connectivity index (χ0) is 18.7. The minimum atomic E-state index is -4.47. The Kier molecular flexibility index (Phi) is 11.9. The highest BCUT2D eigenvalue weighted by Crippen LogP contribution is 2.33. The van der Waals surface area contributed by atoms with Gasteiger partial charge in [-0.3, -0.25) is 9.69 Å². The highest BCUT2D eigenvalue weighted by atomic mass is 35.5. The average molecular weight is 501 g/mol. The molecule has 13 heteroatoms. The molecule has 0 atom stereocenters. The number of pyridine rings is 1. The van der Waals surface area contributed by atoms with Crippen LogP contribution in [-0.4, -0.2) is 79.6 Å². The first kappa shape index (κ1) is 28.3. The van der Waals surface area contributed by atoms with Crippen molar-refractivity contribution in [3.63, 3.8) is 0 Å². The van der Waals surface area contributed by atoms with Gasteiger partial charge in [-0.05, 0) is 6.07 Å². The second kappa shape index (κ2) is 12.2. The number of nitrogens with one attached hydrogen (secondary N) is 1. The van der Waals surface area contributed by atoms with Crippen molar-refractivity contribution in [1.82, 2.24) is 20.1 Å². The van der Waals surface area contributed by atoms with Crippen LogP contribution in [0.5, 0.6) is 0 Å². The van der Waals surface area contributed by atoms with E-state index in [2.05, 4.69) is 15.2 Å². The first-order valence-corrected chi connectivity index (χ1v) is 8.91. The molecule has 0 saturated carbocycles. The lowest BCUT2D eigenvalue weighted by molar-refractivity contribution is -0.138. The lowest BCUT2D eigenvalue weighted by atomic mass is 10.2. The summed E-state index contributed by atoms with van der Waals surface area (Å²) in [6.45, 7) is 5.89. The summed E-state index contributed by atoms with van der Waals surface area (Å²) in [6, 6.07) is 0.895. The summed E-state index contributed by atoms with van der Waals surface area (Å²) in [7, 11) is 0. The van der Waals surface area contributed by atoms with Gasteiger partial charge in [-0.2, -0.15) is 13.2 Å². The highest BCUT2D eigenvalue weighted by Gasteiger charge is 2.32. The molecule has 2 saturated heterocycles. The van der Waals surface area contributed by atoms with E-state index < -0.39 is 11.7 Å². The highest BCUT2D eigenvalue weighted by molar-refractivity contribution is 6.33. The van der Waals surface area contributed by atoms with Gasteiger partial charge in [0.05, 0.1) is 17.1 Å². The molecule has 6 nitrogen and oxygen atoms in total. The zero-order valence-corrected chi connectivity index (χ0v) is 18.7. The van der Waals surface area contributed by atoms with E-state index in [4.69, 9.17) is 11.6 Å². The number of hydrogen-bond donors (Lipinski definition) is 1. The number of alkyl halides is 3. The Morgan fingerprint density at radius 2 is 1.66 bits per heavy atom. The third-order valence-electron chi connectivity index (χ3n) is 4.65. The van der Waals surface area contributed by atoms with E-state index in [9.17, 15) is 18.0 Å². The molecule has 2 aliphatic rings. The number of halogens is 7. The lowest BCUT2D eigenvalue weighted by Gasteiger charge is -2.37. The molecule has 1 aromatic heterocycles. The number of aromatic nitrogens is 1. The maximum absolute atomic E-state index is 12.7. The number of nitrogens with zero attached hydrogens (tertiary/aromatic N) is 4. The molecule has 1 amide bonds. The Bertz CT molecular complexity index is 654. The van der Waals surface area contributed by atoms with Gasteiger partial charge in [0.1, 0.15) is 5.82 Å². The molecule has 0 aromatic carbocycles. The van der Waals surface area contributed by atoms with E-state index in [-0.39, 0.29) is 48.2 Å². The summed E-state index contributed by atoms with van der Waals surface area (Å²) >= 11 is 6.00. The molecule has 0 aliphatic carbocycles. The van der Waals surface area contributed by atoms with Crippen LogP contribution in [0.25, 0.3) is 0 Å². The van der Waals surface area contributed by atoms with E-state index in [1.807, 2.05) is 4.90 Å². The van der Waals surface area contributed by atoms with Gasteiger partial charge in [-0.1, -0.05) is 11.6 Å². The van der Waals surface area contributed by atoms with Crippen LogP contribution in [0.15, 0.2) is 12.3 Å². The number of carbonyl (C=O) groups is 1. The fourth-order valence-corrected chi connectivity index (χ4v) is 3.43. The number of hydrogen-bond acceptors (Lipinski definition) is 5. The summed E-state index contributed by atoms with van der Waals surface area (Å²) in [6.07, 6.45) is -3.67. The fraction of sp³-hybridized carbons (Fsp3) is 0.625. The Morgan fingerprint density at radius 3 is 2.17 bits per heavy atom. The van der Waals surface area contributed by atoms with Gasteiger partial charge in [0, 0.05) is 58.6 Å². The van der Waals surface area contributed by atoms with Gasteiger partial charge in [0.2, 0.25) is 5.91 Å². The fourth-order valence-electron chi connectivity index (χ4n) is 3.15. The standard InChI is InChI=1S/C16H21ClF3N5O.3ClH/c17-13-9-12(16(18,19)20)10-22-15(13)25-7-5-24(6-8-25)14(26)11-23-3-1-21-2-4-23;;;/h9-10,21H,1-8,11H2;3*1H. The second-order valence-corrected chi connectivity index (χ2v) is 6.83. The van der Waals surface area contributed by atoms with Crippen molar-refractivity contribution in [2.75, 3.05) is 63.8 Å². The van der Waals surface area contributed by atoms with Crippen LogP contribution in [0.4, 0.5) is 19.0 Å². The maximum atomic E-state index is 12.7. The molecule has 0 spiro atoms. The molecule has 1 N–H and O–H groups in total. The quantitative estimate of drug-likeness (QED) is 0.691. The van der Waals surface area contributed by atoms with Crippen molar-refractivity contribution in [2.24, 2.45) is 0 Å². The number of rotatable bonds is 3. The van der Waals surface area contributed by atoms with E-state index in [0.717, 1.165) is 38.4 Å². The van der Waals surface area contributed by atoms with Crippen LogP contribution in [0.3, 0.4) is 0 Å². The topological polar surface area (TPSA) is 51.7 Å². The number of piperazine rings is 2. The molecule has 3 rings (SSSR count). The Hall–Kier alpha value is -0.710. The summed E-state index contributed by atoms with van der Waals surface area (Å²) in [4.78, 5) is 22.0. The van der Waals surface area contributed by atoms with Crippen molar-refractivity contribution in [1.29, 1.82) is 0 Å². The van der Waals surface area contributed by atoms with Crippen LogP contribution in [0.2, 0.25) is 5.02 Å². The van der Waals surface area contributed by atoms with Crippen molar-refractivity contribution >= 4 is 60.5 Å². The summed E-state index contributed by atoms with van der Waals surface area (Å²) in [5.74, 6) is 0.409. The van der Waals surface area contributed by atoms with Gasteiger partial charge in [-0.15, -0.1) is 37.2 Å². The first-order valence-electron chi connectivity index (χ1n) is 8.53. The molecule has 0 unspecified atom stereocenters. The molecule has 0 radical (unpaired) electrons. The minimum Gasteiger partial charge on any atom is -0.352 e. The molecule has 1 aromatic rings. The normalized spacial score (nSPS) is 17.7. The maximum Gasteiger partial charge on any atom is 0.417 e. The molecular weight excluding hydrogens is 477 g/mol. The molecule has 0 bridgehead atoms. The Labute approximate surface area is 191 Å². The van der Waals surface area contributed by atoms with Crippen LogP contribution in [0.1, 0.15) is 5.56 Å². The molecule has 3 heterocycles. The van der Waals surface area contributed by atoms with Crippen LogP contribution in [-0.2, 0) is 11.0 Å². The largest absolute Gasteiger partial charge is 0.417 e. The Morgan fingerprint density at radius 1 is 1.07 bits per heavy atom. The lowest BCUT2D eigenvalue weighted by Crippen LogP contribution is -2.53. The summed E-state index contributed by atoms with van der Waals surface area (Å²) in [5.41, 5.74) is -0.865. The summed E-state index contributed by atoms with van der Waals surface area (Å²) < 4.78 is 38.1. The van der Waals surface area contributed by atoms with E-state index in [1.165, 1.54) is 0 Å². The SMILES string of the molecule is Cl.Cl.Cl.O=C(CN1CCNCC1)N1CCN(c2ncc(C(F)(F)F)cc2Cl)CC1. The minimum absolute atomic E-state index is 0. The zero-order valence-electron chi connectivity index (χ0n) is 15.5. The molecule has 2 fully saturated rings. The first-order chi connectivity index (χ1) is 12.3. The monoisotopic (exact) mass is 499 g/mol. The van der Waals surface area contributed by atoms with E-state index in [0.29, 0.717) is 38.5 Å². The molecular formula is C16H24Cl4F3N5O. The van der Waals surface area contributed by atoms with Gasteiger partial charge in [0.25, 0.3) is 0 Å². The smallest absolute Gasteiger partial charge is 0.352 e. The number of amides is 1.